The van der Waals surface area contributed by atoms with Crippen molar-refractivity contribution in [1.29, 1.82) is 0 Å². The number of halogens is 2. The van der Waals surface area contributed by atoms with Gasteiger partial charge in [0.25, 0.3) is 0 Å². The van der Waals surface area contributed by atoms with E-state index in [0.717, 1.165) is 17.5 Å². The number of hydrogen-bond acceptors (Lipinski definition) is 2. The van der Waals surface area contributed by atoms with Gasteiger partial charge in [-0.1, -0.05) is 167 Å². The first-order valence-corrected chi connectivity index (χ1v) is 15.7. The van der Waals surface area contributed by atoms with Gasteiger partial charge in [0.2, 0.25) is 0 Å². The Balaban J connectivity index is 3.03. The normalized spacial score (nSPS) is 11.1. The van der Waals surface area contributed by atoms with E-state index in [1.54, 1.807) is 0 Å². The maximum Gasteiger partial charge on any atom is 0.330 e. The molecule has 0 rings (SSSR count). The molecule has 0 N–H and O–H groups in total. The number of carbonyl (C=O) groups excluding carboxylic acids is 1. The van der Waals surface area contributed by atoms with E-state index in [9.17, 15) is 4.79 Å². The molecule has 0 unspecified atom stereocenters. The third-order valence-corrected chi connectivity index (χ3v) is 8.87. The van der Waals surface area contributed by atoms with Crippen LogP contribution in [0.2, 0.25) is 6.04 Å². The van der Waals surface area contributed by atoms with Crippen LogP contribution in [0.3, 0.4) is 0 Å². The fourth-order valence-electron chi connectivity index (χ4n) is 3.50. The van der Waals surface area contributed by atoms with Crippen molar-refractivity contribution in [3.63, 3.8) is 0 Å². The Morgan fingerprint density at radius 3 is 1.38 bits per heavy atom. The molecular formula is C24H44I2O2Si. The maximum atomic E-state index is 10.9. The number of carbonyl (C=O) groups is 1. The number of rotatable bonds is 23. The van der Waals surface area contributed by atoms with Crippen LogP contribution in [0.15, 0.2) is 12.7 Å². The second-order valence-electron chi connectivity index (χ2n) is 7.99. The summed E-state index contributed by atoms with van der Waals surface area (Å²) < 4.78 is 5.83. The molecule has 0 aromatic heterocycles. The number of ether oxygens (including phenoxy) is 1. The van der Waals surface area contributed by atoms with Gasteiger partial charge in [-0.15, -0.1) is 0 Å². The molecule has 5 heteroatoms. The van der Waals surface area contributed by atoms with Crippen molar-refractivity contribution in [2.24, 2.45) is 0 Å². The van der Waals surface area contributed by atoms with Crippen molar-refractivity contribution in [1.82, 2.24) is 0 Å². The first-order valence-electron chi connectivity index (χ1n) is 12.0. The highest BCUT2D eigenvalue weighted by molar-refractivity contribution is 14.2. The molecule has 0 aliphatic heterocycles. The minimum Gasteiger partial charge on any atom is -0.463 e. The van der Waals surface area contributed by atoms with Gasteiger partial charge in [0.15, 0.2) is 0 Å². The van der Waals surface area contributed by atoms with Crippen LogP contribution >= 0.6 is 45.2 Å². The Kier molecular flexibility index (Phi) is 25.9. The van der Waals surface area contributed by atoms with Gasteiger partial charge in [-0.2, -0.15) is 0 Å². The van der Waals surface area contributed by atoms with Gasteiger partial charge < -0.3 is 4.74 Å². The lowest BCUT2D eigenvalue weighted by atomic mass is 10.0. The first-order chi connectivity index (χ1) is 14.2. The van der Waals surface area contributed by atoms with Crippen LogP contribution in [-0.4, -0.2) is 23.7 Å². The predicted molar refractivity (Wildman–Crippen MR) is 147 cm³/mol. The Hall–Kier alpha value is 0.887. The maximum absolute atomic E-state index is 10.9. The second kappa shape index (κ2) is 25.2. The third kappa shape index (κ3) is 26.9. The molecule has 0 aromatic rings. The highest BCUT2D eigenvalue weighted by atomic mass is 127. The standard InChI is InChI=1S/C24H44I2O2Si/c1-2-23(27)28-21-19-17-15-13-11-9-7-5-3-4-6-8-10-12-14-16-18-20-22-29-24(25)26/h2,24H,1,3-22H2. The van der Waals surface area contributed by atoms with E-state index >= 15 is 0 Å². The summed E-state index contributed by atoms with van der Waals surface area (Å²) >= 11 is 5.08. The lowest BCUT2D eigenvalue weighted by Gasteiger charge is -2.04. The molecule has 0 aliphatic rings. The monoisotopic (exact) mass is 646 g/mol. The fourth-order valence-corrected chi connectivity index (χ4v) is 6.04. The van der Waals surface area contributed by atoms with Crippen molar-refractivity contribution in [2.45, 2.75) is 123 Å². The van der Waals surface area contributed by atoms with E-state index in [2.05, 4.69) is 51.8 Å². The highest BCUT2D eigenvalue weighted by Crippen LogP contribution is 2.15. The molecule has 0 atom stereocenters. The Morgan fingerprint density at radius 2 is 1.03 bits per heavy atom. The average molecular weight is 647 g/mol. The summed E-state index contributed by atoms with van der Waals surface area (Å²) in [4.78, 5) is 10.9. The lowest BCUT2D eigenvalue weighted by molar-refractivity contribution is -0.137. The zero-order valence-electron chi connectivity index (χ0n) is 18.6. The summed E-state index contributed by atoms with van der Waals surface area (Å²) in [5.41, 5.74) is 0. The van der Waals surface area contributed by atoms with Crippen LogP contribution in [0.1, 0.15) is 116 Å². The summed E-state index contributed by atoms with van der Waals surface area (Å²) in [5.74, 6) is -0.298. The molecule has 0 amide bonds. The smallest absolute Gasteiger partial charge is 0.330 e. The van der Waals surface area contributed by atoms with E-state index < -0.39 is 0 Å². The summed E-state index contributed by atoms with van der Waals surface area (Å²) in [6.07, 6.45) is 26.1. The third-order valence-electron chi connectivity index (χ3n) is 5.28. The van der Waals surface area contributed by atoms with Gasteiger partial charge in [-0.3, -0.25) is 0 Å². The lowest BCUT2D eigenvalue weighted by Crippen LogP contribution is -2.01. The molecule has 29 heavy (non-hydrogen) atoms. The van der Waals surface area contributed by atoms with E-state index in [1.807, 2.05) is 0 Å². The van der Waals surface area contributed by atoms with Crippen molar-refractivity contribution >= 4 is 60.7 Å². The predicted octanol–water partition coefficient (Wildman–Crippen LogP) is 9.01. The second-order valence-corrected chi connectivity index (χ2v) is 16.7. The number of alkyl halides is 2. The summed E-state index contributed by atoms with van der Waals surface area (Å²) in [7, 11) is 1.16. The molecule has 0 aliphatic carbocycles. The van der Waals surface area contributed by atoms with Crippen molar-refractivity contribution in [3.8, 4) is 0 Å². The van der Waals surface area contributed by atoms with Crippen LogP contribution in [0, 0.1) is 0 Å². The van der Waals surface area contributed by atoms with Crippen molar-refractivity contribution in [3.05, 3.63) is 12.7 Å². The topological polar surface area (TPSA) is 26.3 Å². The van der Waals surface area contributed by atoms with Gasteiger partial charge in [-0.05, 0) is 6.42 Å². The van der Waals surface area contributed by atoms with Crippen molar-refractivity contribution in [2.75, 3.05) is 6.61 Å². The Bertz CT molecular complexity index is 365. The van der Waals surface area contributed by atoms with Crippen LogP contribution in [-0.2, 0) is 9.53 Å². The average Bonchev–Trinajstić information content (AvgIpc) is 2.71. The molecule has 0 saturated heterocycles. The molecule has 0 heterocycles. The van der Waals surface area contributed by atoms with E-state index in [1.165, 1.54) is 121 Å². The van der Waals surface area contributed by atoms with Gasteiger partial charge in [0.1, 0.15) is 0 Å². The minimum absolute atomic E-state index is 0.298. The number of hydrogen-bond donors (Lipinski definition) is 0. The molecule has 0 aromatic carbocycles. The minimum atomic E-state index is -0.298. The molecular weight excluding hydrogens is 602 g/mol. The summed E-state index contributed by atoms with van der Waals surface area (Å²) in [6, 6.07) is 1.45. The highest BCUT2D eigenvalue weighted by Gasteiger charge is 1.99. The molecule has 0 fully saturated rings. The SMILES string of the molecule is C=CC(=O)OCCCCCCCCCCCCCCCCCCCC[Si]C(I)I. The molecule has 0 spiro atoms. The number of unbranched alkanes of at least 4 members (excludes halogenated alkanes) is 17. The fraction of sp³-hybridized carbons (Fsp3) is 0.875. The van der Waals surface area contributed by atoms with Gasteiger partial charge in [-0.25, -0.2) is 4.79 Å². The van der Waals surface area contributed by atoms with Crippen LogP contribution in [0.4, 0.5) is 0 Å². The molecule has 0 saturated carbocycles. The quantitative estimate of drug-likeness (QED) is 0.0277. The summed E-state index contributed by atoms with van der Waals surface area (Å²) in [6.45, 7) is 3.94. The van der Waals surface area contributed by atoms with E-state index in [4.69, 9.17) is 4.74 Å². The molecule has 0 bridgehead atoms. The van der Waals surface area contributed by atoms with Gasteiger partial charge in [0.05, 0.1) is 17.7 Å². The molecule has 2 radical (unpaired) electrons. The van der Waals surface area contributed by atoms with Crippen LogP contribution in [0.5, 0.6) is 0 Å². The Morgan fingerprint density at radius 1 is 0.690 bits per heavy atom. The van der Waals surface area contributed by atoms with Crippen LogP contribution < -0.4 is 0 Å². The molecule has 170 valence electrons. The summed E-state index contributed by atoms with van der Waals surface area (Å²) in [5, 5.41) is 0. The largest absolute Gasteiger partial charge is 0.463 e. The molecule has 2 nitrogen and oxygen atoms in total. The van der Waals surface area contributed by atoms with Gasteiger partial charge in [0, 0.05) is 6.08 Å². The number of esters is 1. The zero-order valence-corrected chi connectivity index (χ0v) is 23.9. The van der Waals surface area contributed by atoms with E-state index in [-0.39, 0.29) is 5.97 Å². The van der Waals surface area contributed by atoms with Gasteiger partial charge >= 0.3 is 5.97 Å². The zero-order chi connectivity index (χ0) is 21.4. The Labute approximate surface area is 211 Å². The first kappa shape index (κ1) is 29.9. The van der Waals surface area contributed by atoms with Crippen LogP contribution in [0.25, 0.3) is 0 Å². The van der Waals surface area contributed by atoms with Crippen molar-refractivity contribution < 1.29 is 9.53 Å². The van der Waals surface area contributed by atoms with E-state index in [0.29, 0.717) is 6.61 Å².